The SMILES string of the molecule is CCCCCC.[Ti+2]. The van der Waals surface area contributed by atoms with Crippen LogP contribution in [-0.2, 0) is 21.7 Å². The summed E-state index contributed by atoms with van der Waals surface area (Å²) in [5, 5.41) is 0. The van der Waals surface area contributed by atoms with Gasteiger partial charge >= 0.3 is 21.7 Å². The van der Waals surface area contributed by atoms with Crippen molar-refractivity contribution in [3.63, 3.8) is 0 Å². The fourth-order valence-corrected chi connectivity index (χ4v) is 0.500. The van der Waals surface area contributed by atoms with E-state index in [-0.39, 0.29) is 21.7 Å². The van der Waals surface area contributed by atoms with Crippen LogP contribution in [0, 0.1) is 0 Å². The molecule has 0 spiro atoms. The minimum atomic E-state index is 0. The fraction of sp³-hybridized carbons (Fsp3) is 1.00. The van der Waals surface area contributed by atoms with Crippen LogP contribution in [0.25, 0.3) is 0 Å². The zero-order valence-corrected chi connectivity index (χ0v) is 6.89. The van der Waals surface area contributed by atoms with E-state index in [2.05, 4.69) is 13.8 Å². The van der Waals surface area contributed by atoms with Crippen molar-refractivity contribution in [3.8, 4) is 0 Å². The van der Waals surface area contributed by atoms with Crippen molar-refractivity contribution in [1.82, 2.24) is 0 Å². The average molecular weight is 134 g/mol. The van der Waals surface area contributed by atoms with Crippen molar-refractivity contribution in [2.75, 3.05) is 0 Å². The Hall–Kier alpha value is 0.714. The molecule has 40 valence electrons. The summed E-state index contributed by atoms with van der Waals surface area (Å²) in [5.74, 6) is 0. The van der Waals surface area contributed by atoms with Crippen LogP contribution in [-0.4, -0.2) is 0 Å². The van der Waals surface area contributed by atoms with Gasteiger partial charge in [0.2, 0.25) is 0 Å². The molecule has 0 aromatic carbocycles. The predicted molar refractivity (Wildman–Crippen MR) is 29.8 cm³/mol. The van der Waals surface area contributed by atoms with E-state index in [9.17, 15) is 0 Å². The second-order valence-corrected chi connectivity index (χ2v) is 1.71. The second-order valence-electron chi connectivity index (χ2n) is 1.71. The van der Waals surface area contributed by atoms with E-state index in [0.717, 1.165) is 0 Å². The van der Waals surface area contributed by atoms with E-state index in [4.69, 9.17) is 0 Å². The minimum absolute atomic E-state index is 0. The van der Waals surface area contributed by atoms with E-state index >= 15 is 0 Å². The molecule has 0 N–H and O–H groups in total. The van der Waals surface area contributed by atoms with E-state index in [1.54, 1.807) is 0 Å². The monoisotopic (exact) mass is 134 g/mol. The number of hydrogen-bond acceptors (Lipinski definition) is 0. The molecule has 0 aromatic rings. The van der Waals surface area contributed by atoms with E-state index in [0.29, 0.717) is 0 Å². The van der Waals surface area contributed by atoms with Gasteiger partial charge in [0, 0.05) is 0 Å². The van der Waals surface area contributed by atoms with Crippen molar-refractivity contribution >= 4 is 0 Å². The molecular weight excluding hydrogens is 120 g/mol. The summed E-state index contributed by atoms with van der Waals surface area (Å²) in [4.78, 5) is 0. The quantitative estimate of drug-likeness (QED) is 0.411. The molecule has 0 aromatic heterocycles. The first-order chi connectivity index (χ1) is 2.91. The van der Waals surface area contributed by atoms with Gasteiger partial charge in [-0.1, -0.05) is 39.5 Å². The zero-order valence-electron chi connectivity index (χ0n) is 5.33. The summed E-state index contributed by atoms with van der Waals surface area (Å²) in [7, 11) is 0. The third-order valence-electron chi connectivity index (χ3n) is 0.957. The maximum atomic E-state index is 2.23. The molecule has 0 amide bonds. The van der Waals surface area contributed by atoms with Crippen LogP contribution in [0.3, 0.4) is 0 Å². The van der Waals surface area contributed by atoms with E-state index < -0.39 is 0 Å². The summed E-state index contributed by atoms with van der Waals surface area (Å²) in [5.41, 5.74) is 0. The van der Waals surface area contributed by atoms with Gasteiger partial charge in [0.15, 0.2) is 0 Å². The Labute approximate surface area is 61.6 Å². The van der Waals surface area contributed by atoms with Crippen LogP contribution in [0.2, 0.25) is 0 Å². The van der Waals surface area contributed by atoms with Gasteiger partial charge in [-0.15, -0.1) is 0 Å². The van der Waals surface area contributed by atoms with Crippen molar-refractivity contribution in [3.05, 3.63) is 0 Å². The average Bonchev–Trinajstić information content (AvgIpc) is 1.61. The molecule has 0 rings (SSSR count). The Morgan fingerprint density at radius 3 is 1.29 bits per heavy atom. The first-order valence-corrected chi connectivity index (χ1v) is 2.91. The Balaban J connectivity index is 0. The normalized spacial score (nSPS) is 7.71. The smallest absolute Gasteiger partial charge is 0.0654 e. The first kappa shape index (κ1) is 10.7. The van der Waals surface area contributed by atoms with Crippen LogP contribution >= 0.6 is 0 Å². The molecule has 0 unspecified atom stereocenters. The van der Waals surface area contributed by atoms with Crippen LogP contribution in [0.4, 0.5) is 0 Å². The molecule has 0 fully saturated rings. The molecule has 0 aliphatic carbocycles. The third-order valence-corrected chi connectivity index (χ3v) is 0.957. The summed E-state index contributed by atoms with van der Waals surface area (Å²) in [6.45, 7) is 4.46. The van der Waals surface area contributed by atoms with Crippen LogP contribution in [0.5, 0.6) is 0 Å². The van der Waals surface area contributed by atoms with Crippen LogP contribution in [0.1, 0.15) is 39.5 Å². The van der Waals surface area contributed by atoms with E-state index in [1.165, 1.54) is 25.7 Å². The summed E-state index contributed by atoms with van der Waals surface area (Å²) >= 11 is 0. The van der Waals surface area contributed by atoms with Crippen molar-refractivity contribution in [2.45, 2.75) is 39.5 Å². The Kier molecular flexibility index (Phi) is 15.0. The number of hydrogen-bond donors (Lipinski definition) is 0. The summed E-state index contributed by atoms with van der Waals surface area (Å²) in [6, 6.07) is 0. The standard InChI is InChI=1S/C6H14.Ti/c1-3-5-6-4-2;/h3-6H2,1-2H3;/q;+2. The maximum Gasteiger partial charge on any atom is 2.00 e. The van der Waals surface area contributed by atoms with Gasteiger partial charge in [-0.3, -0.25) is 0 Å². The second kappa shape index (κ2) is 9.86. The molecule has 0 aliphatic rings. The van der Waals surface area contributed by atoms with Crippen LogP contribution in [0.15, 0.2) is 0 Å². The molecular formula is C6H14Ti+2. The van der Waals surface area contributed by atoms with Crippen molar-refractivity contribution in [1.29, 1.82) is 0 Å². The molecule has 7 heavy (non-hydrogen) atoms. The fourth-order valence-electron chi connectivity index (χ4n) is 0.500. The van der Waals surface area contributed by atoms with Crippen molar-refractivity contribution < 1.29 is 21.7 Å². The maximum absolute atomic E-state index is 2.23. The molecule has 0 saturated heterocycles. The Bertz CT molecular complexity index is 16.1. The van der Waals surface area contributed by atoms with Gasteiger partial charge in [0.05, 0.1) is 0 Å². The molecule has 0 nitrogen and oxygen atoms in total. The van der Waals surface area contributed by atoms with Crippen LogP contribution < -0.4 is 0 Å². The van der Waals surface area contributed by atoms with Gasteiger partial charge in [-0.25, -0.2) is 0 Å². The Morgan fingerprint density at radius 1 is 0.857 bits per heavy atom. The van der Waals surface area contributed by atoms with Gasteiger partial charge < -0.3 is 0 Å². The molecule has 0 saturated carbocycles. The van der Waals surface area contributed by atoms with Gasteiger partial charge in [-0.2, -0.15) is 0 Å². The molecule has 1 heteroatoms. The number of unbranched alkanes of at least 4 members (excludes halogenated alkanes) is 3. The van der Waals surface area contributed by atoms with Gasteiger partial charge in [0.25, 0.3) is 0 Å². The molecule has 0 atom stereocenters. The largest absolute Gasteiger partial charge is 2.00 e. The molecule has 0 bridgehead atoms. The Morgan fingerprint density at radius 2 is 1.14 bits per heavy atom. The molecule has 0 radical (unpaired) electrons. The molecule has 0 aliphatic heterocycles. The summed E-state index contributed by atoms with van der Waals surface area (Å²) < 4.78 is 0. The topological polar surface area (TPSA) is 0 Å². The van der Waals surface area contributed by atoms with Gasteiger partial charge in [0.1, 0.15) is 0 Å². The third kappa shape index (κ3) is 10.8. The van der Waals surface area contributed by atoms with E-state index in [1.807, 2.05) is 0 Å². The molecule has 0 heterocycles. The first-order valence-electron chi connectivity index (χ1n) is 2.91. The van der Waals surface area contributed by atoms with Crippen molar-refractivity contribution in [2.24, 2.45) is 0 Å². The predicted octanol–water partition coefficient (Wildman–Crippen LogP) is 2.58. The summed E-state index contributed by atoms with van der Waals surface area (Å²) in [6.07, 6.45) is 5.54. The van der Waals surface area contributed by atoms with Gasteiger partial charge in [-0.05, 0) is 0 Å². The minimum Gasteiger partial charge on any atom is -0.0654 e. The zero-order chi connectivity index (χ0) is 4.83. The number of rotatable bonds is 3.